The van der Waals surface area contributed by atoms with Crippen LogP contribution in [0.15, 0.2) is 61.2 Å². The first-order chi connectivity index (χ1) is 11.9. The van der Waals surface area contributed by atoms with Crippen LogP contribution in [0.25, 0.3) is 0 Å². The van der Waals surface area contributed by atoms with Crippen LogP contribution < -0.4 is 0 Å². The molecule has 0 aromatic heterocycles. The van der Waals surface area contributed by atoms with Crippen LogP contribution in [0, 0.1) is 0 Å². The molecule has 0 bridgehead atoms. The Morgan fingerprint density at radius 2 is 1.48 bits per heavy atom. The van der Waals surface area contributed by atoms with Crippen LogP contribution in [-0.2, 0) is 11.2 Å². The van der Waals surface area contributed by atoms with E-state index in [0.29, 0.717) is 6.42 Å². The first-order valence-corrected chi connectivity index (χ1v) is 7.40. The van der Waals surface area contributed by atoms with E-state index in [-0.39, 0.29) is 16.7 Å². The summed E-state index contributed by atoms with van der Waals surface area (Å²) in [7, 11) is 0. The summed E-state index contributed by atoms with van der Waals surface area (Å²) in [4.78, 5) is 34.5. The Morgan fingerprint density at radius 1 is 0.960 bits per heavy atom. The maximum absolute atomic E-state index is 12.3. The van der Waals surface area contributed by atoms with Gasteiger partial charge in [-0.3, -0.25) is 0 Å². The fourth-order valence-electron chi connectivity index (χ4n) is 2.22. The topological polar surface area (TPSA) is 101 Å². The SMILES string of the molecule is C=CC(Cc1ccccc1)OC(=O)c1cc(C(=O)O)cc(C(=O)O)c1. The maximum atomic E-state index is 12.3. The van der Waals surface area contributed by atoms with Crippen LogP contribution in [0.5, 0.6) is 0 Å². The lowest BCUT2D eigenvalue weighted by molar-refractivity contribution is 0.0396. The van der Waals surface area contributed by atoms with E-state index in [0.717, 1.165) is 23.8 Å². The van der Waals surface area contributed by atoms with Gasteiger partial charge in [0.15, 0.2) is 0 Å². The van der Waals surface area contributed by atoms with Crippen LogP contribution in [-0.4, -0.2) is 34.2 Å². The second-order valence-electron chi connectivity index (χ2n) is 5.28. The second-order valence-corrected chi connectivity index (χ2v) is 5.28. The minimum absolute atomic E-state index is 0.141. The lowest BCUT2D eigenvalue weighted by Crippen LogP contribution is -2.19. The van der Waals surface area contributed by atoms with Gasteiger partial charge in [-0.25, -0.2) is 14.4 Å². The number of rotatable bonds is 7. The van der Waals surface area contributed by atoms with Crippen molar-refractivity contribution in [3.05, 3.63) is 83.4 Å². The summed E-state index contributed by atoms with van der Waals surface area (Å²) in [5.74, 6) is -3.48. The first kappa shape index (κ1) is 17.9. The highest BCUT2D eigenvalue weighted by Gasteiger charge is 2.19. The smallest absolute Gasteiger partial charge is 0.338 e. The lowest BCUT2D eigenvalue weighted by atomic mass is 10.1. The molecule has 2 aromatic rings. The fourth-order valence-corrected chi connectivity index (χ4v) is 2.22. The average molecular weight is 340 g/mol. The van der Waals surface area contributed by atoms with Crippen molar-refractivity contribution < 1.29 is 29.3 Å². The molecule has 1 unspecified atom stereocenters. The maximum Gasteiger partial charge on any atom is 0.338 e. The summed E-state index contributed by atoms with van der Waals surface area (Å²) >= 11 is 0. The molecule has 0 fully saturated rings. The van der Waals surface area contributed by atoms with E-state index in [1.165, 1.54) is 6.08 Å². The summed E-state index contributed by atoms with van der Waals surface area (Å²) in [6.45, 7) is 3.63. The van der Waals surface area contributed by atoms with E-state index in [2.05, 4.69) is 6.58 Å². The van der Waals surface area contributed by atoms with Crippen molar-refractivity contribution in [3.8, 4) is 0 Å². The van der Waals surface area contributed by atoms with Gasteiger partial charge in [0.2, 0.25) is 0 Å². The highest BCUT2D eigenvalue weighted by atomic mass is 16.5. The van der Waals surface area contributed by atoms with Crippen molar-refractivity contribution in [2.75, 3.05) is 0 Å². The van der Waals surface area contributed by atoms with E-state index in [1.54, 1.807) is 0 Å². The Morgan fingerprint density at radius 3 is 1.96 bits per heavy atom. The molecule has 0 aliphatic carbocycles. The largest absolute Gasteiger partial charge is 0.478 e. The lowest BCUT2D eigenvalue weighted by Gasteiger charge is -2.15. The molecule has 2 aromatic carbocycles. The minimum Gasteiger partial charge on any atom is -0.478 e. The molecule has 6 heteroatoms. The molecule has 1 atom stereocenters. The van der Waals surface area contributed by atoms with Gasteiger partial charge < -0.3 is 14.9 Å². The summed E-state index contributed by atoms with van der Waals surface area (Å²) in [6, 6.07) is 12.5. The number of aromatic carboxylic acids is 2. The standard InChI is InChI=1S/C19H16O6/c1-2-16(8-12-6-4-3-5-7-12)25-19(24)15-10-13(17(20)21)9-14(11-15)18(22)23/h2-7,9-11,16H,1,8H2,(H,20,21)(H,22,23). The predicted octanol–water partition coefficient (Wildman–Crippen LogP) is 3.04. The quantitative estimate of drug-likeness (QED) is 0.593. The Labute approximate surface area is 144 Å². The third-order valence-electron chi connectivity index (χ3n) is 3.46. The molecule has 2 N–H and O–H groups in total. The van der Waals surface area contributed by atoms with E-state index < -0.39 is 24.0 Å². The fraction of sp³-hybridized carbons (Fsp3) is 0.105. The van der Waals surface area contributed by atoms with Gasteiger partial charge in [-0.05, 0) is 23.8 Å². The Kier molecular flexibility index (Phi) is 5.68. The Balaban J connectivity index is 2.22. The summed E-state index contributed by atoms with van der Waals surface area (Å²) in [5.41, 5.74) is 0.193. The number of esters is 1. The molecule has 0 aliphatic heterocycles. The Hall–Kier alpha value is -3.41. The van der Waals surface area contributed by atoms with Crippen molar-refractivity contribution >= 4 is 17.9 Å². The molecule has 128 valence electrons. The van der Waals surface area contributed by atoms with E-state index in [4.69, 9.17) is 14.9 Å². The molecule has 25 heavy (non-hydrogen) atoms. The van der Waals surface area contributed by atoms with E-state index in [9.17, 15) is 14.4 Å². The number of ether oxygens (including phenoxy) is 1. The molecule has 0 spiro atoms. The van der Waals surface area contributed by atoms with Crippen LogP contribution in [0.4, 0.5) is 0 Å². The summed E-state index contributed by atoms with van der Waals surface area (Å²) in [5, 5.41) is 18.1. The monoisotopic (exact) mass is 340 g/mol. The van der Waals surface area contributed by atoms with Crippen molar-refractivity contribution in [2.24, 2.45) is 0 Å². The van der Waals surface area contributed by atoms with Gasteiger partial charge in [-0.15, -0.1) is 0 Å². The zero-order valence-corrected chi connectivity index (χ0v) is 13.2. The zero-order valence-electron chi connectivity index (χ0n) is 13.2. The van der Waals surface area contributed by atoms with Crippen molar-refractivity contribution in [3.63, 3.8) is 0 Å². The van der Waals surface area contributed by atoms with Crippen LogP contribution >= 0.6 is 0 Å². The molecular formula is C19H16O6. The minimum atomic E-state index is -1.33. The summed E-state index contributed by atoms with van der Waals surface area (Å²) < 4.78 is 5.32. The van der Waals surface area contributed by atoms with Crippen molar-refractivity contribution in [2.45, 2.75) is 12.5 Å². The van der Waals surface area contributed by atoms with Gasteiger partial charge >= 0.3 is 17.9 Å². The molecule has 0 saturated heterocycles. The number of carboxylic acid groups (broad SMARTS) is 2. The average Bonchev–Trinajstić information content (AvgIpc) is 2.61. The Bertz CT molecular complexity index is 778. The third-order valence-corrected chi connectivity index (χ3v) is 3.46. The number of benzene rings is 2. The first-order valence-electron chi connectivity index (χ1n) is 7.40. The number of hydrogen-bond donors (Lipinski definition) is 2. The number of carboxylic acids is 2. The van der Waals surface area contributed by atoms with Gasteiger partial charge in [0.05, 0.1) is 16.7 Å². The van der Waals surface area contributed by atoms with E-state index >= 15 is 0 Å². The highest BCUT2D eigenvalue weighted by molar-refractivity contribution is 5.99. The van der Waals surface area contributed by atoms with Gasteiger partial charge in [0, 0.05) is 6.42 Å². The van der Waals surface area contributed by atoms with Gasteiger partial charge in [-0.1, -0.05) is 43.0 Å². The van der Waals surface area contributed by atoms with Gasteiger partial charge in [-0.2, -0.15) is 0 Å². The third kappa shape index (κ3) is 4.78. The number of carbonyl (C=O) groups excluding carboxylic acids is 1. The van der Waals surface area contributed by atoms with Gasteiger partial charge in [0.1, 0.15) is 6.10 Å². The van der Waals surface area contributed by atoms with Crippen LogP contribution in [0.3, 0.4) is 0 Å². The second kappa shape index (κ2) is 7.92. The van der Waals surface area contributed by atoms with Crippen LogP contribution in [0.2, 0.25) is 0 Å². The molecule has 0 radical (unpaired) electrons. The predicted molar refractivity (Wildman–Crippen MR) is 89.9 cm³/mol. The molecule has 0 amide bonds. The van der Waals surface area contributed by atoms with E-state index in [1.807, 2.05) is 30.3 Å². The summed E-state index contributed by atoms with van der Waals surface area (Å²) in [6.07, 6.45) is 1.24. The molecule has 0 aliphatic rings. The normalized spacial score (nSPS) is 11.4. The molecule has 6 nitrogen and oxygen atoms in total. The number of hydrogen-bond acceptors (Lipinski definition) is 4. The van der Waals surface area contributed by atoms with Gasteiger partial charge in [0.25, 0.3) is 0 Å². The molecular weight excluding hydrogens is 324 g/mol. The van der Waals surface area contributed by atoms with Crippen molar-refractivity contribution in [1.82, 2.24) is 0 Å². The van der Waals surface area contributed by atoms with Crippen molar-refractivity contribution in [1.29, 1.82) is 0 Å². The number of carbonyl (C=O) groups is 3. The molecule has 0 saturated carbocycles. The zero-order chi connectivity index (χ0) is 18.4. The highest BCUT2D eigenvalue weighted by Crippen LogP contribution is 2.15. The van der Waals surface area contributed by atoms with Crippen LogP contribution in [0.1, 0.15) is 36.6 Å². The molecule has 2 rings (SSSR count). The molecule has 0 heterocycles.